The molecule has 1 aromatic rings. The fourth-order valence-electron chi connectivity index (χ4n) is 2.77. The summed E-state index contributed by atoms with van der Waals surface area (Å²) in [6.45, 7) is 5.89. The second-order valence-electron chi connectivity index (χ2n) is 5.60. The molecule has 0 bridgehead atoms. The monoisotopic (exact) mass is 276 g/mol. The standard InChI is InChI=1S/C16H24N2S/c1-2-4-16(14-5-6-14)15(3-1)13-17-7-8-18-9-11-19-12-10-18/h1-4,14,17H,5-13H2. The SMILES string of the molecule is c1ccc(C2CC2)c(CNCCN2CCSCC2)c1. The third kappa shape index (κ3) is 3.98. The first kappa shape index (κ1) is 13.5. The van der Waals surface area contributed by atoms with Crippen molar-refractivity contribution in [2.75, 3.05) is 37.7 Å². The number of hydrogen-bond acceptors (Lipinski definition) is 3. The molecule has 0 radical (unpaired) electrons. The number of thioether (sulfide) groups is 1. The number of benzene rings is 1. The Morgan fingerprint density at radius 3 is 2.74 bits per heavy atom. The normalized spacial score (nSPS) is 20.6. The molecule has 1 aromatic carbocycles. The van der Waals surface area contributed by atoms with Crippen molar-refractivity contribution in [1.82, 2.24) is 10.2 Å². The molecule has 2 fully saturated rings. The molecule has 0 aromatic heterocycles. The van der Waals surface area contributed by atoms with Crippen LogP contribution in [-0.2, 0) is 6.54 Å². The quantitative estimate of drug-likeness (QED) is 0.804. The van der Waals surface area contributed by atoms with Crippen molar-refractivity contribution in [2.24, 2.45) is 0 Å². The minimum atomic E-state index is 0.858. The molecule has 2 aliphatic rings. The largest absolute Gasteiger partial charge is 0.311 e. The molecule has 0 amide bonds. The molecule has 1 N–H and O–H groups in total. The van der Waals surface area contributed by atoms with Gasteiger partial charge in [-0.2, -0.15) is 11.8 Å². The van der Waals surface area contributed by atoms with Gasteiger partial charge in [-0.25, -0.2) is 0 Å². The van der Waals surface area contributed by atoms with Gasteiger partial charge in [0.15, 0.2) is 0 Å². The molecule has 1 aliphatic carbocycles. The lowest BCUT2D eigenvalue weighted by Gasteiger charge is -2.26. The number of nitrogens with zero attached hydrogens (tertiary/aromatic N) is 1. The van der Waals surface area contributed by atoms with E-state index in [2.05, 4.69) is 46.2 Å². The summed E-state index contributed by atoms with van der Waals surface area (Å²) in [5, 5.41) is 3.62. The molecule has 0 unspecified atom stereocenters. The predicted octanol–water partition coefficient (Wildman–Crippen LogP) is 2.70. The highest BCUT2D eigenvalue weighted by molar-refractivity contribution is 7.99. The van der Waals surface area contributed by atoms with E-state index < -0.39 is 0 Å². The Morgan fingerprint density at radius 2 is 1.95 bits per heavy atom. The maximum absolute atomic E-state index is 3.62. The Morgan fingerprint density at radius 1 is 1.16 bits per heavy atom. The summed E-state index contributed by atoms with van der Waals surface area (Å²) < 4.78 is 0. The predicted molar refractivity (Wildman–Crippen MR) is 83.9 cm³/mol. The molecular formula is C16H24N2S. The molecular weight excluding hydrogens is 252 g/mol. The van der Waals surface area contributed by atoms with Crippen molar-refractivity contribution >= 4 is 11.8 Å². The van der Waals surface area contributed by atoms with E-state index in [4.69, 9.17) is 0 Å². The summed E-state index contributed by atoms with van der Waals surface area (Å²) in [4.78, 5) is 2.58. The average Bonchev–Trinajstić information content (AvgIpc) is 3.30. The van der Waals surface area contributed by atoms with E-state index in [0.717, 1.165) is 19.0 Å². The molecule has 1 saturated carbocycles. The molecule has 1 saturated heterocycles. The Labute approximate surface area is 121 Å². The molecule has 19 heavy (non-hydrogen) atoms. The Kier molecular flexibility index (Phi) is 4.81. The van der Waals surface area contributed by atoms with E-state index in [0.29, 0.717) is 0 Å². The highest BCUT2D eigenvalue weighted by atomic mass is 32.2. The zero-order valence-electron chi connectivity index (χ0n) is 11.6. The molecule has 1 aliphatic heterocycles. The first-order valence-electron chi connectivity index (χ1n) is 7.52. The summed E-state index contributed by atoms with van der Waals surface area (Å²) in [6.07, 6.45) is 2.78. The first-order valence-corrected chi connectivity index (χ1v) is 8.67. The van der Waals surface area contributed by atoms with Gasteiger partial charge in [-0.05, 0) is 29.9 Å². The Hall–Kier alpha value is -0.510. The molecule has 3 rings (SSSR count). The Bertz CT molecular complexity index is 397. The Balaban J connectivity index is 1.42. The molecule has 1 heterocycles. The van der Waals surface area contributed by atoms with Crippen molar-refractivity contribution in [2.45, 2.75) is 25.3 Å². The molecule has 0 spiro atoms. The van der Waals surface area contributed by atoms with Crippen molar-refractivity contribution in [3.8, 4) is 0 Å². The van der Waals surface area contributed by atoms with Gasteiger partial charge >= 0.3 is 0 Å². The number of rotatable bonds is 6. The van der Waals surface area contributed by atoms with Crippen LogP contribution in [0.4, 0.5) is 0 Å². The van der Waals surface area contributed by atoms with Gasteiger partial charge in [-0.1, -0.05) is 24.3 Å². The zero-order valence-corrected chi connectivity index (χ0v) is 12.4. The van der Waals surface area contributed by atoms with Crippen LogP contribution in [0.3, 0.4) is 0 Å². The van der Waals surface area contributed by atoms with Gasteiger partial charge in [-0.3, -0.25) is 0 Å². The first-order chi connectivity index (χ1) is 9.43. The summed E-state index contributed by atoms with van der Waals surface area (Å²) in [6, 6.07) is 8.96. The maximum Gasteiger partial charge on any atom is 0.0208 e. The lowest BCUT2D eigenvalue weighted by atomic mass is 10.0. The van der Waals surface area contributed by atoms with Crippen LogP contribution in [0.25, 0.3) is 0 Å². The van der Waals surface area contributed by atoms with Crippen LogP contribution in [0.15, 0.2) is 24.3 Å². The van der Waals surface area contributed by atoms with Crippen molar-refractivity contribution in [3.63, 3.8) is 0 Å². The second-order valence-corrected chi connectivity index (χ2v) is 6.83. The topological polar surface area (TPSA) is 15.3 Å². The van der Waals surface area contributed by atoms with Gasteiger partial charge in [0.2, 0.25) is 0 Å². The van der Waals surface area contributed by atoms with Gasteiger partial charge in [-0.15, -0.1) is 0 Å². The summed E-state index contributed by atoms with van der Waals surface area (Å²) in [5.41, 5.74) is 3.10. The van der Waals surface area contributed by atoms with E-state index >= 15 is 0 Å². The minimum absolute atomic E-state index is 0.858. The van der Waals surface area contributed by atoms with E-state index in [1.54, 1.807) is 5.56 Å². The summed E-state index contributed by atoms with van der Waals surface area (Å²) >= 11 is 2.08. The summed E-state index contributed by atoms with van der Waals surface area (Å²) in [5.74, 6) is 3.48. The van der Waals surface area contributed by atoms with Crippen LogP contribution in [0, 0.1) is 0 Å². The lowest BCUT2D eigenvalue weighted by molar-refractivity contribution is 0.301. The lowest BCUT2D eigenvalue weighted by Crippen LogP contribution is -2.37. The van der Waals surface area contributed by atoms with Crippen LogP contribution in [0.1, 0.15) is 29.9 Å². The van der Waals surface area contributed by atoms with Crippen molar-refractivity contribution in [1.29, 1.82) is 0 Å². The summed E-state index contributed by atoms with van der Waals surface area (Å²) in [7, 11) is 0. The van der Waals surface area contributed by atoms with Gasteiger partial charge < -0.3 is 10.2 Å². The maximum atomic E-state index is 3.62. The number of hydrogen-bond donors (Lipinski definition) is 1. The van der Waals surface area contributed by atoms with Crippen LogP contribution in [0.5, 0.6) is 0 Å². The van der Waals surface area contributed by atoms with Gasteiger partial charge in [0.05, 0.1) is 0 Å². The molecule has 3 heteroatoms. The van der Waals surface area contributed by atoms with E-state index in [1.807, 2.05) is 0 Å². The van der Waals surface area contributed by atoms with Gasteiger partial charge in [0.25, 0.3) is 0 Å². The number of nitrogens with one attached hydrogen (secondary N) is 1. The van der Waals surface area contributed by atoms with Crippen LogP contribution < -0.4 is 5.32 Å². The zero-order chi connectivity index (χ0) is 12.9. The minimum Gasteiger partial charge on any atom is -0.311 e. The highest BCUT2D eigenvalue weighted by Crippen LogP contribution is 2.41. The fraction of sp³-hybridized carbons (Fsp3) is 0.625. The highest BCUT2D eigenvalue weighted by Gasteiger charge is 2.25. The van der Waals surface area contributed by atoms with Crippen LogP contribution >= 0.6 is 11.8 Å². The third-order valence-corrected chi connectivity index (χ3v) is 5.04. The van der Waals surface area contributed by atoms with Crippen molar-refractivity contribution in [3.05, 3.63) is 35.4 Å². The van der Waals surface area contributed by atoms with Gasteiger partial charge in [0.1, 0.15) is 0 Å². The fourth-order valence-corrected chi connectivity index (χ4v) is 3.75. The van der Waals surface area contributed by atoms with E-state index in [9.17, 15) is 0 Å². The molecule has 2 nitrogen and oxygen atoms in total. The van der Waals surface area contributed by atoms with E-state index in [1.165, 1.54) is 49.5 Å². The van der Waals surface area contributed by atoms with Crippen LogP contribution in [-0.4, -0.2) is 42.6 Å². The molecule has 104 valence electrons. The third-order valence-electron chi connectivity index (χ3n) is 4.10. The van der Waals surface area contributed by atoms with E-state index in [-0.39, 0.29) is 0 Å². The average molecular weight is 276 g/mol. The molecule has 0 atom stereocenters. The smallest absolute Gasteiger partial charge is 0.0208 e. The van der Waals surface area contributed by atoms with Crippen LogP contribution in [0.2, 0.25) is 0 Å². The van der Waals surface area contributed by atoms with Crippen molar-refractivity contribution < 1.29 is 0 Å². The second kappa shape index (κ2) is 6.78. The van der Waals surface area contributed by atoms with Gasteiger partial charge in [0, 0.05) is 44.2 Å².